The van der Waals surface area contributed by atoms with E-state index >= 15 is 0 Å². The molecule has 3 aromatic carbocycles. The van der Waals surface area contributed by atoms with Crippen LogP contribution < -0.4 is 5.01 Å². The molecule has 3 nitrogen and oxygen atoms in total. The van der Waals surface area contributed by atoms with Crippen molar-refractivity contribution in [3.05, 3.63) is 95.7 Å². The molecule has 6 rings (SSSR count). The highest BCUT2D eigenvalue weighted by Gasteiger charge is 2.43. The molecular formula is C25H21N3S. The third-order valence-electron chi connectivity index (χ3n) is 6.07. The third kappa shape index (κ3) is 2.56. The molecule has 2 unspecified atom stereocenters. The highest BCUT2D eigenvalue weighted by molar-refractivity contribution is 7.99. The van der Waals surface area contributed by atoms with Crippen LogP contribution in [0.15, 0.2) is 89.0 Å². The Hall–Kier alpha value is -2.98. The van der Waals surface area contributed by atoms with Crippen molar-refractivity contribution in [3.8, 4) is 0 Å². The molecular weight excluding hydrogens is 374 g/mol. The first-order valence-electron chi connectivity index (χ1n) is 10.0. The molecule has 2 aliphatic rings. The lowest BCUT2D eigenvalue weighted by Crippen LogP contribution is -2.29. The summed E-state index contributed by atoms with van der Waals surface area (Å²) < 4.78 is 0. The summed E-state index contributed by atoms with van der Waals surface area (Å²) in [6.07, 6.45) is 2.18. The lowest BCUT2D eigenvalue weighted by Gasteiger charge is -2.30. The van der Waals surface area contributed by atoms with Gasteiger partial charge in [0.05, 0.1) is 17.4 Å². The highest BCUT2D eigenvalue weighted by Crippen LogP contribution is 2.48. The summed E-state index contributed by atoms with van der Waals surface area (Å²) in [5.74, 6) is 1.40. The summed E-state index contributed by atoms with van der Waals surface area (Å²) in [4.78, 5) is 4.86. The number of aromatic amines is 1. The van der Waals surface area contributed by atoms with Crippen LogP contribution in [-0.2, 0) is 0 Å². The van der Waals surface area contributed by atoms with E-state index in [1.54, 1.807) is 0 Å². The quantitative estimate of drug-likeness (QED) is 0.440. The smallest absolute Gasteiger partial charge is 0.0888 e. The lowest BCUT2D eigenvalue weighted by molar-refractivity contribution is 0.597. The zero-order chi connectivity index (χ0) is 19.4. The molecule has 0 bridgehead atoms. The number of hydrogen-bond donors (Lipinski definition) is 1. The Morgan fingerprint density at radius 2 is 1.79 bits per heavy atom. The van der Waals surface area contributed by atoms with E-state index in [1.807, 2.05) is 11.8 Å². The second-order valence-electron chi connectivity index (χ2n) is 7.77. The maximum atomic E-state index is 5.23. The van der Waals surface area contributed by atoms with Gasteiger partial charge in [0, 0.05) is 44.8 Å². The number of hydrogen-bond acceptors (Lipinski definition) is 3. The molecule has 0 aliphatic carbocycles. The van der Waals surface area contributed by atoms with Crippen molar-refractivity contribution in [3.63, 3.8) is 0 Å². The Kier molecular flexibility index (Phi) is 3.81. The van der Waals surface area contributed by atoms with Crippen molar-refractivity contribution in [2.24, 2.45) is 11.0 Å². The average molecular weight is 396 g/mol. The Morgan fingerprint density at radius 1 is 0.966 bits per heavy atom. The van der Waals surface area contributed by atoms with Crippen LogP contribution in [-0.4, -0.2) is 16.4 Å². The van der Waals surface area contributed by atoms with Crippen LogP contribution in [0.4, 0.5) is 5.69 Å². The van der Waals surface area contributed by atoms with Gasteiger partial charge in [-0.1, -0.05) is 54.6 Å². The summed E-state index contributed by atoms with van der Waals surface area (Å²) in [5, 5.41) is 8.76. The molecule has 1 aromatic heterocycles. The van der Waals surface area contributed by atoms with E-state index < -0.39 is 0 Å². The van der Waals surface area contributed by atoms with E-state index in [2.05, 4.69) is 95.9 Å². The molecule has 29 heavy (non-hydrogen) atoms. The van der Waals surface area contributed by atoms with Gasteiger partial charge in [-0.15, -0.1) is 11.8 Å². The molecule has 3 heterocycles. The summed E-state index contributed by atoms with van der Waals surface area (Å²) in [7, 11) is 0. The van der Waals surface area contributed by atoms with Crippen molar-refractivity contribution >= 4 is 34.1 Å². The van der Waals surface area contributed by atoms with E-state index in [4.69, 9.17) is 5.10 Å². The van der Waals surface area contributed by atoms with Crippen LogP contribution in [0.2, 0.25) is 0 Å². The minimum absolute atomic E-state index is 0.185. The van der Waals surface area contributed by atoms with Gasteiger partial charge in [0.15, 0.2) is 0 Å². The SMILES string of the molecule is Cc1cccc2c1SCC1C2=NN(c2ccccc2)C1c1c[nH]c2ccccc12. The number of nitrogens with one attached hydrogen (secondary N) is 1. The second kappa shape index (κ2) is 6.53. The Balaban J connectivity index is 1.56. The Morgan fingerprint density at radius 3 is 2.69 bits per heavy atom. The van der Waals surface area contributed by atoms with Gasteiger partial charge in [0.1, 0.15) is 0 Å². The number of fused-ring (bicyclic) bond motifs is 4. The number of rotatable bonds is 2. The molecule has 2 atom stereocenters. The number of hydrazone groups is 1. The van der Waals surface area contributed by atoms with Gasteiger partial charge >= 0.3 is 0 Å². The number of nitrogens with zero attached hydrogens (tertiary/aromatic N) is 2. The van der Waals surface area contributed by atoms with Crippen LogP contribution in [0.1, 0.15) is 22.7 Å². The second-order valence-corrected chi connectivity index (χ2v) is 8.80. The highest BCUT2D eigenvalue weighted by atomic mass is 32.2. The first-order valence-corrected chi connectivity index (χ1v) is 11.0. The average Bonchev–Trinajstić information content (AvgIpc) is 3.36. The first-order chi connectivity index (χ1) is 14.3. The van der Waals surface area contributed by atoms with Gasteiger partial charge in [-0.05, 0) is 30.7 Å². The number of thioether (sulfide) groups is 1. The fourth-order valence-corrected chi connectivity index (χ4v) is 6.01. The fraction of sp³-hybridized carbons (Fsp3) is 0.160. The molecule has 2 aliphatic heterocycles. The standard InChI is InChI=1S/C25H21N3S/c1-16-8-7-12-19-23-21(15-29-25(16)19)24(28(27-23)17-9-3-2-4-10-17)20-14-26-22-13-6-5-11-18(20)22/h2-14,21,24,26H,15H2,1H3. The Labute approximate surface area is 174 Å². The van der Waals surface area contributed by atoms with Gasteiger partial charge < -0.3 is 4.98 Å². The van der Waals surface area contributed by atoms with Crippen LogP contribution in [0.3, 0.4) is 0 Å². The molecule has 0 spiro atoms. The van der Waals surface area contributed by atoms with Gasteiger partial charge in [-0.25, -0.2) is 0 Å². The number of benzene rings is 3. The topological polar surface area (TPSA) is 31.4 Å². The van der Waals surface area contributed by atoms with Gasteiger partial charge in [-0.3, -0.25) is 5.01 Å². The summed E-state index contributed by atoms with van der Waals surface area (Å²) in [6.45, 7) is 2.20. The van der Waals surface area contributed by atoms with Crippen molar-refractivity contribution in [1.29, 1.82) is 0 Å². The van der Waals surface area contributed by atoms with Gasteiger partial charge in [0.2, 0.25) is 0 Å². The predicted molar refractivity (Wildman–Crippen MR) is 122 cm³/mol. The molecule has 0 saturated heterocycles. The normalized spacial score (nSPS) is 20.4. The minimum atomic E-state index is 0.185. The summed E-state index contributed by atoms with van der Waals surface area (Å²) >= 11 is 1.98. The van der Waals surface area contributed by atoms with Crippen LogP contribution in [0, 0.1) is 12.8 Å². The van der Waals surface area contributed by atoms with E-state index in [1.165, 1.54) is 38.2 Å². The molecule has 142 valence electrons. The number of H-pyrrole nitrogens is 1. The molecule has 0 amide bonds. The molecule has 0 fully saturated rings. The monoisotopic (exact) mass is 395 g/mol. The van der Waals surface area contributed by atoms with Crippen molar-refractivity contribution in [1.82, 2.24) is 4.98 Å². The summed E-state index contributed by atoms with van der Waals surface area (Å²) in [6, 6.07) is 25.9. The zero-order valence-electron chi connectivity index (χ0n) is 16.2. The van der Waals surface area contributed by atoms with E-state index in [-0.39, 0.29) is 6.04 Å². The van der Waals surface area contributed by atoms with E-state index in [0.717, 1.165) is 11.4 Å². The number of anilines is 1. The van der Waals surface area contributed by atoms with Gasteiger partial charge in [-0.2, -0.15) is 5.10 Å². The van der Waals surface area contributed by atoms with Gasteiger partial charge in [0.25, 0.3) is 0 Å². The van der Waals surface area contributed by atoms with E-state index in [9.17, 15) is 0 Å². The zero-order valence-corrected chi connectivity index (χ0v) is 17.0. The van der Waals surface area contributed by atoms with Crippen molar-refractivity contribution in [2.75, 3.05) is 10.8 Å². The number of aromatic nitrogens is 1. The first kappa shape index (κ1) is 16.9. The maximum Gasteiger partial charge on any atom is 0.0888 e. The predicted octanol–water partition coefficient (Wildman–Crippen LogP) is 6.16. The molecule has 0 radical (unpaired) electrons. The number of para-hydroxylation sites is 2. The molecule has 1 N–H and O–H groups in total. The molecule has 4 heteroatoms. The van der Waals surface area contributed by atoms with Crippen molar-refractivity contribution < 1.29 is 0 Å². The fourth-order valence-electron chi connectivity index (χ4n) is 4.70. The molecule has 0 saturated carbocycles. The summed E-state index contributed by atoms with van der Waals surface area (Å²) in [5.41, 5.74) is 7.52. The lowest BCUT2D eigenvalue weighted by atomic mass is 9.87. The molecule has 4 aromatic rings. The number of aryl methyl sites for hydroxylation is 1. The third-order valence-corrected chi connectivity index (χ3v) is 7.42. The minimum Gasteiger partial charge on any atom is -0.361 e. The maximum absolute atomic E-state index is 5.23. The van der Waals surface area contributed by atoms with Crippen LogP contribution >= 0.6 is 11.8 Å². The van der Waals surface area contributed by atoms with Crippen molar-refractivity contribution in [2.45, 2.75) is 17.9 Å². The van der Waals surface area contributed by atoms with Crippen LogP contribution in [0.5, 0.6) is 0 Å². The Bertz CT molecular complexity index is 1240. The van der Waals surface area contributed by atoms with Crippen LogP contribution in [0.25, 0.3) is 10.9 Å². The largest absolute Gasteiger partial charge is 0.361 e. The van der Waals surface area contributed by atoms with E-state index in [0.29, 0.717) is 5.92 Å².